The van der Waals surface area contributed by atoms with E-state index >= 15 is 0 Å². The summed E-state index contributed by atoms with van der Waals surface area (Å²) in [5.74, 6) is 0. The Kier molecular flexibility index (Phi) is 4.75. The summed E-state index contributed by atoms with van der Waals surface area (Å²) in [4.78, 5) is 0. The van der Waals surface area contributed by atoms with Crippen molar-refractivity contribution in [1.29, 1.82) is 0 Å². The SMILES string of the molecule is CNc1cc(C(F)(F)F)ccc1/C(C)=N\N1CCCCC1. The summed E-state index contributed by atoms with van der Waals surface area (Å²) in [6, 6.07) is 3.72. The Morgan fingerprint density at radius 2 is 1.86 bits per heavy atom. The van der Waals surface area contributed by atoms with Crippen molar-refractivity contribution in [1.82, 2.24) is 5.01 Å². The van der Waals surface area contributed by atoms with Crippen molar-refractivity contribution in [3.8, 4) is 0 Å². The number of piperidine rings is 1. The predicted octanol–water partition coefficient (Wildman–Crippen LogP) is 3.96. The minimum absolute atomic E-state index is 0.447. The molecule has 0 spiro atoms. The number of nitrogens with one attached hydrogen (secondary N) is 1. The van der Waals surface area contributed by atoms with Crippen molar-refractivity contribution in [2.45, 2.75) is 32.4 Å². The van der Waals surface area contributed by atoms with Crippen LogP contribution in [-0.2, 0) is 6.18 Å². The fourth-order valence-electron chi connectivity index (χ4n) is 2.49. The molecule has 1 saturated heterocycles. The lowest BCUT2D eigenvalue weighted by Gasteiger charge is -2.24. The third kappa shape index (κ3) is 3.89. The van der Waals surface area contributed by atoms with E-state index in [1.165, 1.54) is 12.5 Å². The van der Waals surface area contributed by atoms with Crippen LogP contribution >= 0.6 is 0 Å². The minimum Gasteiger partial charge on any atom is -0.388 e. The molecule has 116 valence electrons. The summed E-state index contributed by atoms with van der Waals surface area (Å²) in [6.07, 6.45) is -0.888. The van der Waals surface area contributed by atoms with Crippen molar-refractivity contribution in [2.24, 2.45) is 5.10 Å². The predicted molar refractivity (Wildman–Crippen MR) is 78.6 cm³/mol. The fourth-order valence-corrected chi connectivity index (χ4v) is 2.49. The van der Waals surface area contributed by atoms with Crippen molar-refractivity contribution in [2.75, 3.05) is 25.5 Å². The number of rotatable bonds is 3. The van der Waals surface area contributed by atoms with Gasteiger partial charge in [-0.05, 0) is 38.3 Å². The smallest absolute Gasteiger partial charge is 0.388 e. The molecule has 6 heteroatoms. The maximum absolute atomic E-state index is 12.7. The molecule has 0 radical (unpaired) electrons. The summed E-state index contributed by atoms with van der Waals surface area (Å²) in [7, 11) is 1.62. The number of hydrogen-bond acceptors (Lipinski definition) is 3. The first-order chi connectivity index (χ1) is 9.91. The molecule has 0 aromatic heterocycles. The Hall–Kier alpha value is -1.72. The van der Waals surface area contributed by atoms with Crippen LogP contribution in [0.4, 0.5) is 18.9 Å². The van der Waals surface area contributed by atoms with E-state index in [4.69, 9.17) is 0 Å². The van der Waals surface area contributed by atoms with E-state index in [-0.39, 0.29) is 0 Å². The van der Waals surface area contributed by atoms with Crippen LogP contribution in [0.3, 0.4) is 0 Å². The van der Waals surface area contributed by atoms with Gasteiger partial charge in [-0.3, -0.25) is 5.01 Å². The van der Waals surface area contributed by atoms with E-state index in [1.54, 1.807) is 7.05 Å². The highest BCUT2D eigenvalue weighted by Gasteiger charge is 2.31. The van der Waals surface area contributed by atoms with Gasteiger partial charge in [0.15, 0.2) is 0 Å². The van der Waals surface area contributed by atoms with Crippen LogP contribution < -0.4 is 5.32 Å². The molecule has 1 aromatic carbocycles. The molecular formula is C15H20F3N3. The molecule has 0 aliphatic carbocycles. The molecule has 21 heavy (non-hydrogen) atoms. The minimum atomic E-state index is -4.33. The molecule has 1 N–H and O–H groups in total. The Bertz CT molecular complexity index is 517. The van der Waals surface area contributed by atoms with Crippen LogP contribution in [0.25, 0.3) is 0 Å². The molecule has 1 aliphatic rings. The van der Waals surface area contributed by atoms with E-state index in [2.05, 4.69) is 10.4 Å². The summed E-state index contributed by atoms with van der Waals surface area (Å²) in [6.45, 7) is 3.65. The normalized spacial score (nSPS) is 17.0. The van der Waals surface area contributed by atoms with Crippen LogP contribution in [-0.4, -0.2) is 30.9 Å². The van der Waals surface area contributed by atoms with Crippen molar-refractivity contribution in [3.63, 3.8) is 0 Å². The summed E-state index contributed by atoms with van der Waals surface area (Å²) in [5.41, 5.74) is 1.23. The highest BCUT2D eigenvalue weighted by Crippen LogP contribution is 2.32. The lowest BCUT2D eigenvalue weighted by atomic mass is 10.1. The summed E-state index contributed by atoms with van der Waals surface area (Å²) in [5, 5.41) is 9.36. The van der Waals surface area contributed by atoms with E-state index in [1.807, 2.05) is 11.9 Å². The van der Waals surface area contributed by atoms with Crippen LogP contribution in [0.15, 0.2) is 23.3 Å². The van der Waals surface area contributed by atoms with Gasteiger partial charge in [-0.25, -0.2) is 0 Å². The topological polar surface area (TPSA) is 27.6 Å². The molecular weight excluding hydrogens is 279 g/mol. The van der Waals surface area contributed by atoms with Gasteiger partial charge >= 0.3 is 6.18 Å². The third-order valence-electron chi connectivity index (χ3n) is 3.63. The fraction of sp³-hybridized carbons (Fsp3) is 0.533. The standard InChI is InChI=1S/C15H20F3N3/c1-11(20-21-8-4-3-5-9-21)13-7-6-12(15(16,17)18)10-14(13)19-2/h6-7,10,19H,3-5,8-9H2,1-2H3/b20-11-. The number of benzene rings is 1. The van der Waals surface area contributed by atoms with Gasteiger partial charge in [0.25, 0.3) is 0 Å². The Morgan fingerprint density at radius 1 is 1.19 bits per heavy atom. The van der Waals surface area contributed by atoms with E-state index in [0.29, 0.717) is 11.3 Å². The second-order valence-electron chi connectivity index (χ2n) is 5.21. The zero-order valence-electron chi connectivity index (χ0n) is 12.3. The first-order valence-corrected chi connectivity index (χ1v) is 7.11. The summed E-state index contributed by atoms with van der Waals surface area (Å²) < 4.78 is 38.2. The van der Waals surface area contributed by atoms with Gasteiger partial charge in [-0.1, -0.05) is 6.07 Å². The Morgan fingerprint density at radius 3 is 2.43 bits per heavy atom. The first kappa shape index (κ1) is 15.7. The van der Waals surface area contributed by atoms with Gasteiger partial charge < -0.3 is 5.32 Å². The van der Waals surface area contributed by atoms with Gasteiger partial charge in [0.05, 0.1) is 11.3 Å². The van der Waals surface area contributed by atoms with Crippen LogP contribution in [0.1, 0.15) is 37.3 Å². The van der Waals surface area contributed by atoms with Crippen molar-refractivity contribution >= 4 is 11.4 Å². The summed E-state index contributed by atoms with van der Waals surface area (Å²) >= 11 is 0. The van der Waals surface area contributed by atoms with Gasteiger partial charge in [0.1, 0.15) is 0 Å². The van der Waals surface area contributed by atoms with Crippen molar-refractivity contribution < 1.29 is 13.2 Å². The van der Waals surface area contributed by atoms with Gasteiger partial charge in [0, 0.05) is 31.4 Å². The molecule has 0 atom stereocenters. The molecule has 1 heterocycles. The van der Waals surface area contributed by atoms with Gasteiger partial charge in [0.2, 0.25) is 0 Å². The Labute approximate surface area is 122 Å². The molecule has 0 saturated carbocycles. The number of halogens is 3. The van der Waals surface area contributed by atoms with E-state index < -0.39 is 11.7 Å². The maximum atomic E-state index is 12.7. The Balaban J connectivity index is 2.27. The highest BCUT2D eigenvalue weighted by molar-refractivity contribution is 6.03. The largest absolute Gasteiger partial charge is 0.416 e. The number of alkyl halides is 3. The lowest BCUT2D eigenvalue weighted by Crippen LogP contribution is -2.26. The molecule has 0 unspecified atom stereocenters. The van der Waals surface area contributed by atoms with E-state index in [0.717, 1.165) is 43.8 Å². The number of anilines is 1. The average molecular weight is 299 g/mol. The zero-order valence-corrected chi connectivity index (χ0v) is 12.3. The highest BCUT2D eigenvalue weighted by atomic mass is 19.4. The van der Waals surface area contributed by atoms with E-state index in [9.17, 15) is 13.2 Å². The lowest BCUT2D eigenvalue weighted by molar-refractivity contribution is -0.137. The van der Waals surface area contributed by atoms with Gasteiger partial charge in [-0.2, -0.15) is 18.3 Å². The van der Waals surface area contributed by atoms with Crippen LogP contribution in [0, 0.1) is 0 Å². The molecule has 1 aliphatic heterocycles. The first-order valence-electron chi connectivity index (χ1n) is 7.11. The second-order valence-corrected chi connectivity index (χ2v) is 5.21. The number of hydrazone groups is 1. The molecule has 0 amide bonds. The average Bonchev–Trinajstić information content (AvgIpc) is 2.46. The molecule has 0 bridgehead atoms. The van der Waals surface area contributed by atoms with Crippen LogP contribution in [0.2, 0.25) is 0 Å². The quantitative estimate of drug-likeness (QED) is 0.856. The number of nitrogens with zero attached hydrogens (tertiary/aromatic N) is 2. The molecule has 2 rings (SSSR count). The monoisotopic (exact) mass is 299 g/mol. The molecule has 1 fully saturated rings. The van der Waals surface area contributed by atoms with Gasteiger partial charge in [-0.15, -0.1) is 0 Å². The molecule has 3 nitrogen and oxygen atoms in total. The van der Waals surface area contributed by atoms with Crippen LogP contribution in [0.5, 0.6) is 0 Å². The second kappa shape index (κ2) is 6.37. The maximum Gasteiger partial charge on any atom is 0.416 e. The molecule has 1 aromatic rings. The number of hydrogen-bond donors (Lipinski definition) is 1. The van der Waals surface area contributed by atoms with Crippen molar-refractivity contribution in [3.05, 3.63) is 29.3 Å². The third-order valence-corrected chi connectivity index (χ3v) is 3.63. The zero-order chi connectivity index (χ0) is 15.5.